The summed E-state index contributed by atoms with van der Waals surface area (Å²) in [7, 11) is 0. The molecule has 5 nitrogen and oxygen atoms in total. The number of aliphatic hydroxyl groups is 1. The Balaban J connectivity index is 0.00000312. The van der Waals surface area contributed by atoms with Gasteiger partial charge in [0.2, 0.25) is 0 Å². The Kier molecular flexibility index (Phi) is 9.79. The normalized spacial score (nSPS) is 23.6. The number of rotatable bonds is 5. The largest absolute Gasteiger partial charge is 0.401 e. The summed E-state index contributed by atoms with van der Waals surface area (Å²) in [6.45, 7) is 5.14. The summed E-state index contributed by atoms with van der Waals surface area (Å²) < 4.78 is 37.2. The summed E-state index contributed by atoms with van der Waals surface area (Å²) in [4.78, 5) is 8.19. The minimum atomic E-state index is -4.10. The van der Waals surface area contributed by atoms with Crippen molar-refractivity contribution >= 4 is 29.9 Å². The van der Waals surface area contributed by atoms with E-state index in [1.807, 2.05) is 6.92 Å². The maximum Gasteiger partial charge on any atom is 0.401 e. The van der Waals surface area contributed by atoms with Gasteiger partial charge in [0.05, 0.1) is 12.6 Å². The lowest BCUT2D eigenvalue weighted by Crippen LogP contribution is -2.41. The Morgan fingerprint density at radius 3 is 2.40 bits per heavy atom. The molecule has 1 atom stereocenters. The lowest BCUT2D eigenvalue weighted by atomic mass is 9.93. The Labute approximate surface area is 165 Å². The van der Waals surface area contributed by atoms with Crippen molar-refractivity contribution in [1.82, 2.24) is 15.1 Å². The summed E-state index contributed by atoms with van der Waals surface area (Å²) in [5.74, 6) is 1.29. The highest BCUT2D eigenvalue weighted by atomic mass is 127. The average Bonchev–Trinajstić information content (AvgIpc) is 2.93. The number of aliphatic imine (C=N–C) groups is 1. The van der Waals surface area contributed by atoms with Crippen LogP contribution in [0.15, 0.2) is 4.99 Å². The number of halogens is 4. The van der Waals surface area contributed by atoms with Gasteiger partial charge in [0, 0.05) is 26.2 Å². The van der Waals surface area contributed by atoms with E-state index in [4.69, 9.17) is 0 Å². The van der Waals surface area contributed by atoms with E-state index in [1.54, 1.807) is 0 Å². The third-order valence-corrected chi connectivity index (χ3v) is 4.71. The van der Waals surface area contributed by atoms with Crippen molar-refractivity contribution in [1.29, 1.82) is 0 Å². The van der Waals surface area contributed by atoms with Gasteiger partial charge in [0.25, 0.3) is 0 Å². The summed E-state index contributed by atoms with van der Waals surface area (Å²) >= 11 is 0. The van der Waals surface area contributed by atoms with Crippen molar-refractivity contribution in [2.75, 3.05) is 45.8 Å². The van der Waals surface area contributed by atoms with Crippen LogP contribution in [0.5, 0.6) is 0 Å². The van der Waals surface area contributed by atoms with E-state index in [9.17, 15) is 18.3 Å². The van der Waals surface area contributed by atoms with Gasteiger partial charge < -0.3 is 15.3 Å². The van der Waals surface area contributed by atoms with Crippen molar-refractivity contribution in [2.45, 2.75) is 44.9 Å². The molecule has 0 aliphatic carbocycles. The van der Waals surface area contributed by atoms with Crippen molar-refractivity contribution in [3.8, 4) is 0 Å². The highest BCUT2D eigenvalue weighted by Crippen LogP contribution is 2.24. The van der Waals surface area contributed by atoms with Gasteiger partial charge in [-0.2, -0.15) is 13.2 Å². The predicted molar refractivity (Wildman–Crippen MR) is 103 cm³/mol. The standard InChI is InChI=1S/C16H29F3N4O.HI/c1-2-20-15(23-10-6-14(24)11-23)21-7-3-13-4-8-22(9-5-13)12-16(17,18)19;/h13-14,24H,2-12H2,1H3,(H,20,21);1H/t14-;/m1./s1. The van der Waals surface area contributed by atoms with Crippen LogP contribution < -0.4 is 5.32 Å². The molecular weight excluding hydrogens is 448 g/mol. The van der Waals surface area contributed by atoms with E-state index in [-0.39, 0.29) is 30.1 Å². The zero-order chi connectivity index (χ0) is 17.6. The number of alkyl halides is 3. The average molecular weight is 478 g/mol. The highest BCUT2D eigenvalue weighted by Gasteiger charge is 2.32. The van der Waals surface area contributed by atoms with Gasteiger partial charge in [0.15, 0.2) is 5.96 Å². The van der Waals surface area contributed by atoms with Gasteiger partial charge in [-0.15, -0.1) is 24.0 Å². The summed E-state index contributed by atoms with van der Waals surface area (Å²) in [5.41, 5.74) is 0. The number of hydrogen-bond donors (Lipinski definition) is 2. The molecule has 0 aromatic heterocycles. The van der Waals surface area contributed by atoms with Crippen molar-refractivity contribution in [2.24, 2.45) is 10.9 Å². The van der Waals surface area contributed by atoms with E-state index in [0.717, 1.165) is 44.7 Å². The Morgan fingerprint density at radius 2 is 1.88 bits per heavy atom. The molecule has 2 fully saturated rings. The lowest BCUT2D eigenvalue weighted by molar-refractivity contribution is -0.148. The molecule has 0 aromatic rings. The van der Waals surface area contributed by atoms with Crippen molar-refractivity contribution in [3.05, 3.63) is 0 Å². The lowest BCUT2D eigenvalue weighted by Gasteiger charge is -2.32. The van der Waals surface area contributed by atoms with E-state index >= 15 is 0 Å². The fourth-order valence-corrected chi connectivity index (χ4v) is 3.40. The van der Waals surface area contributed by atoms with Crippen LogP contribution in [0.1, 0.15) is 32.6 Å². The van der Waals surface area contributed by atoms with E-state index < -0.39 is 12.7 Å². The molecule has 2 heterocycles. The number of β-amino-alcohol motifs (C(OH)–C–C–N with tert-alkyl or cyclic N) is 1. The zero-order valence-corrected chi connectivity index (χ0v) is 17.1. The maximum absolute atomic E-state index is 12.4. The molecule has 148 valence electrons. The molecular formula is C16H30F3IN4O. The Morgan fingerprint density at radius 1 is 1.20 bits per heavy atom. The minimum absolute atomic E-state index is 0. The smallest absolute Gasteiger partial charge is 0.391 e. The van der Waals surface area contributed by atoms with Gasteiger partial charge in [-0.05, 0) is 51.6 Å². The fraction of sp³-hybridized carbons (Fsp3) is 0.938. The predicted octanol–water partition coefficient (Wildman–Crippen LogP) is 2.30. The maximum atomic E-state index is 12.4. The first-order valence-electron chi connectivity index (χ1n) is 8.88. The molecule has 0 aromatic carbocycles. The minimum Gasteiger partial charge on any atom is -0.391 e. The Bertz CT molecular complexity index is 415. The topological polar surface area (TPSA) is 51.1 Å². The molecule has 25 heavy (non-hydrogen) atoms. The van der Waals surface area contributed by atoms with Gasteiger partial charge in [-0.1, -0.05) is 0 Å². The van der Waals surface area contributed by atoms with Crippen LogP contribution in [0.2, 0.25) is 0 Å². The number of nitrogens with one attached hydrogen (secondary N) is 1. The summed E-state index contributed by atoms with van der Waals surface area (Å²) in [6.07, 6.45) is -1.09. The number of hydrogen-bond acceptors (Lipinski definition) is 3. The van der Waals surface area contributed by atoms with Gasteiger partial charge in [-0.3, -0.25) is 9.89 Å². The van der Waals surface area contributed by atoms with Crippen LogP contribution in [0.3, 0.4) is 0 Å². The van der Waals surface area contributed by atoms with Crippen LogP contribution in [-0.2, 0) is 0 Å². The number of guanidine groups is 1. The van der Waals surface area contributed by atoms with Crippen molar-refractivity contribution < 1.29 is 18.3 Å². The second-order valence-corrected chi connectivity index (χ2v) is 6.75. The van der Waals surface area contributed by atoms with Gasteiger partial charge in [-0.25, -0.2) is 0 Å². The van der Waals surface area contributed by atoms with E-state index in [0.29, 0.717) is 32.1 Å². The molecule has 0 bridgehead atoms. The number of piperidine rings is 1. The monoisotopic (exact) mass is 478 g/mol. The molecule has 2 aliphatic heterocycles. The van der Waals surface area contributed by atoms with Gasteiger partial charge >= 0.3 is 6.18 Å². The quantitative estimate of drug-likeness (QED) is 0.362. The second kappa shape index (κ2) is 10.8. The molecule has 0 spiro atoms. The first kappa shape index (κ1) is 22.8. The van der Waals surface area contributed by atoms with Crippen LogP contribution in [0, 0.1) is 5.92 Å². The molecule has 2 N–H and O–H groups in total. The molecule has 0 radical (unpaired) electrons. The highest BCUT2D eigenvalue weighted by molar-refractivity contribution is 14.0. The summed E-state index contributed by atoms with van der Waals surface area (Å²) in [6, 6.07) is 0. The summed E-state index contributed by atoms with van der Waals surface area (Å²) in [5, 5.41) is 12.9. The van der Waals surface area contributed by atoms with Crippen LogP contribution >= 0.6 is 24.0 Å². The van der Waals surface area contributed by atoms with Crippen molar-refractivity contribution in [3.63, 3.8) is 0 Å². The van der Waals surface area contributed by atoms with E-state index in [1.165, 1.54) is 4.90 Å². The molecule has 0 unspecified atom stereocenters. The third-order valence-electron chi connectivity index (χ3n) is 4.71. The molecule has 2 rings (SSSR count). The third kappa shape index (κ3) is 8.29. The van der Waals surface area contributed by atoms with Gasteiger partial charge in [0.1, 0.15) is 0 Å². The molecule has 2 saturated heterocycles. The molecule has 2 aliphatic rings. The van der Waals surface area contributed by atoms with Crippen LogP contribution in [0.25, 0.3) is 0 Å². The zero-order valence-electron chi connectivity index (χ0n) is 14.8. The first-order chi connectivity index (χ1) is 11.4. The molecule has 0 amide bonds. The second-order valence-electron chi connectivity index (χ2n) is 6.75. The number of aliphatic hydroxyl groups excluding tert-OH is 1. The first-order valence-corrected chi connectivity index (χ1v) is 8.88. The van der Waals surface area contributed by atoms with E-state index in [2.05, 4.69) is 15.2 Å². The SMILES string of the molecule is CCNC(=NCCC1CCN(CC(F)(F)F)CC1)N1CC[C@@H](O)C1.I. The number of nitrogens with zero attached hydrogens (tertiary/aromatic N) is 3. The van der Waals surface area contributed by atoms with Crippen LogP contribution in [0.4, 0.5) is 13.2 Å². The Hall–Kier alpha value is -0.290. The number of likely N-dealkylation sites (tertiary alicyclic amines) is 2. The molecule has 9 heteroatoms. The molecule has 0 saturated carbocycles. The van der Waals surface area contributed by atoms with Crippen LogP contribution in [-0.4, -0.2) is 79.0 Å². The fourth-order valence-electron chi connectivity index (χ4n) is 3.40.